The Hall–Kier alpha value is -0.570. The van der Waals surface area contributed by atoms with Gasteiger partial charge < -0.3 is 4.74 Å². The van der Waals surface area contributed by atoms with Crippen LogP contribution in [0, 0.1) is 0 Å². The third kappa shape index (κ3) is 21.6. The van der Waals surface area contributed by atoms with Crippen molar-refractivity contribution in [2.75, 3.05) is 0 Å². The lowest BCUT2D eigenvalue weighted by Gasteiger charge is -2.13. The molecule has 0 rings (SSSR count). The maximum absolute atomic E-state index is 11.8. The third-order valence-corrected chi connectivity index (χ3v) is 5.36. The molecular formula is C24H49NO2. The van der Waals surface area contributed by atoms with Crippen LogP contribution in [0.4, 0.5) is 0 Å². The molecule has 0 fully saturated rings. The van der Waals surface area contributed by atoms with Gasteiger partial charge in [-0.3, -0.25) is 10.5 Å². The number of hydrogen-bond acceptors (Lipinski definition) is 3. The molecule has 0 aromatic heterocycles. The summed E-state index contributed by atoms with van der Waals surface area (Å²) in [4.78, 5) is 11.8. The number of esters is 1. The van der Waals surface area contributed by atoms with E-state index in [2.05, 4.69) is 13.8 Å². The highest BCUT2D eigenvalue weighted by atomic mass is 16.6. The van der Waals surface area contributed by atoms with Crippen LogP contribution in [0.25, 0.3) is 0 Å². The lowest BCUT2D eigenvalue weighted by molar-refractivity contribution is -0.149. The molecule has 0 saturated carbocycles. The summed E-state index contributed by atoms with van der Waals surface area (Å²) in [6.07, 6.45) is 24.0. The zero-order valence-corrected chi connectivity index (χ0v) is 18.6. The van der Waals surface area contributed by atoms with E-state index in [0.717, 1.165) is 25.7 Å². The van der Waals surface area contributed by atoms with Gasteiger partial charge in [-0.15, -0.1) is 0 Å². The molecule has 0 spiro atoms. The summed E-state index contributed by atoms with van der Waals surface area (Å²) in [5.41, 5.74) is 5.94. The molecule has 1 atom stereocenters. The van der Waals surface area contributed by atoms with Crippen LogP contribution >= 0.6 is 0 Å². The highest BCUT2D eigenvalue weighted by Crippen LogP contribution is 2.13. The number of hydrogen-bond donors (Lipinski definition) is 1. The predicted molar refractivity (Wildman–Crippen MR) is 118 cm³/mol. The molecule has 0 bridgehead atoms. The SMILES string of the molecule is CCCCCCCCCCCC(=O)OC(N)CCCCCCCCCCC. The molecule has 162 valence electrons. The van der Waals surface area contributed by atoms with Crippen LogP contribution in [0.15, 0.2) is 0 Å². The summed E-state index contributed by atoms with van der Waals surface area (Å²) in [7, 11) is 0. The van der Waals surface area contributed by atoms with Gasteiger partial charge in [0.15, 0.2) is 6.23 Å². The van der Waals surface area contributed by atoms with Gasteiger partial charge in [-0.05, 0) is 19.3 Å². The molecule has 0 aromatic rings. The third-order valence-electron chi connectivity index (χ3n) is 5.36. The Bertz CT molecular complexity index is 307. The normalized spacial score (nSPS) is 12.3. The first-order valence-electron chi connectivity index (χ1n) is 12.2. The fourth-order valence-corrected chi connectivity index (χ4v) is 3.52. The van der Waals surface area contributed by atoms with Gasteiger partial charge in [0.2, 0.25) is 0 Å². The minimum absolute atomic E-state index is 0.110. The van der Waals surface area contributed by atoms with Crippen molar-refractivity contribution >= 4 is 5.97 Å². The molecule has 0 aromatic carbocycles. The lowest BCUT2D eigenvalue weighted by atomic mass is 10.1. The van der Waals surface area contributed by atoms with Gasteiger partial charge in [0, 0.05) is 6.42 Å². The topological polar surface area (TPSA) is 52.3 Å². The molecule has 0 aliphatic carbocycles. The Labute approximate surface area is 170 Å². The van der Waals surface area contributed by atoms with Gasteiger partial charge in [0.25, 0.3) is 0 Å². The monoisotopic (exact) mass is 383 g/mol. The molecule has 0 saturated heterocycles. The van der Waals surface area contributed by atoms with Crippen molar-refractivity contribution in [1.82, 2.24) is 0 Å². The molecule has 2 N–H and O–H groups in total. The molecule has 27 heavy (non-hydrogen) atoms. The zero-order chi connectivity index (χ0) is 20.0. The summed E-state index contributed by atoms with van der Waals surface area (Å²) >= 11 is 0. The highest BCUT2D eigenvalue weighted by Gasteiger charge is 2.09. The molecule has 0 aliphatic rings. The van der Waals surface area contributed by atoms with Crippen molar-refractivity contribution in [1.29, 1.82) is 0 Å². The summed E-state index contributed by atoms with van der Waals surface area (Å²) in [6.45, 7) is 4.51. The van der Waals surface area contributed by atoms with Crippen molar-refractivity contribution in [3.8, 4) is 0 Å². The van der Waals surface area contributed by atoms with Crippen LogP contribution in [-0.2, 0) is 9.53 Å². The number of unbranched alkanes of at least 4 members (excludes halogenated alkanes) is 16. The van der Waals surface area contributed by atoms with Gasteiger partial charge in [-0.25, -0.2) is 0 Å². The van der Waals surface area contributed by atoms with Gasteiger partial charge >= 0.3 is 5.97 Å². The van der Waals surface area contributed by atoms with Crippen LogP contribution in [0.5, 0.6) is 0 Å². The van der Waals surface area contributed by atoms with E-state index in [1.807, 2.05) is 0 Å². The summed E-state index contributed by atoms with van der Waals surface area (Å²) in [5, 5.41) is 0. The largest absolute Gasteiger partial charge is 0.447 e. The number of carbonyl (C=O) groups excluding carboxylic acids is 1. The predicted octanol–water partition coefficient (Wildman–Crippen LogP) is 7.66. The van der Waals surface area contributed by atoms with Crippen LogP contribution in [0.1, 0.15) is 142 Å². The number of ether oxygens (including phenoxy) is 1. The second-order valence-corrected chi connectivity index (χ2v) is 8.22. The zero-order valence-electron chi connectivity index (χ0n) is 18.6. The molecular weight excluding hydrogens is 334 g/mol. The summed E-state index contributed by atoms with van der Waals surface area (Å²) in [6, 6.07) is 0. The van der Waals surface area contributed by atoms with Crippen molar-refractivity contribution in [2.24, 2.45) is 5.73 Å². The van der Waals surface area contributed by atoms with Crippen LogP contribution in [-0.4, -0.2) is 12.2 Å². The van der Waals surface area contributed by atoms with E-state index in [1.54, 1.807) is 0 Å². The maximum atomic E-state index is 11.8. The average Bonchev–Trinajstić information content (AvgIpc) is 2.65. The molecule has 0 radical (unpaired) electrons. The van der Waals surface area contributed by atoms with E-state index >= 15 is 0 Å². The highest BCUT2D eigenvalue weighted by molar-refractivity contribution is 5.69. The van der Waals surface area contributed by atoms with E-state index in [1.165, 1.54) is 96.3 Å². The molecule has 0 amide bonds. The first-order chi connectivity index (χ1) is 13.2. The van der Waals surface area contributed by atoms with Crippen LogP contribution in [0.3, 0.4) is 0 Å². The Kier molecular flexibility index (Phi) is 21.3. The van der Waals surface area contributed by atoms with Crippen molar-refractivity contribution in [3.63, 3.8) is 0 Å². The minimum Gasteiger partial charge on any atom is -0.447 e. The van der Waals surface area contributed by atoms with Gasteiger partial charge in [0.05, 0.1) is 0 Å². The smallest absolute Gasteiger partial charge is 0.307 e. The van der Waals surface area contributed by atoms with Crippen molar-refractivity contribution < 1.29 is 9.53 Å². The Balaban J connectivity index is 3.32. The van der Waals surface area contributed by atoms with Crippen molar-refractivity contribution in [3.05, 3.63) is 0 Å². The Morgan fingerprint density at radius 2 is 1.00 bits per heavy atom. The van der Waals surface area contributed by atoms with Crippen molar-refractivity contribution in [2.45, 2.75) is 148 Å². The standard InChI is InChI=1S/C24H49NO2/c1-3-5-7-9-11-13-15-17-19-21-23(25)27-24(26)22-20-18-16-14-12-10-8-6-4-2/h23H,3-22,25H2,1-2H3. The second-order valence-electron chi connectivity index (χ2n) is 8.22. The quantitative estimate of drug-likeness (QED) is 0.126. The molecule has 3 nitrogen and oxygen atoms in total. The van der Waals surface area contributed by atoms with E-state index in [0.29, 0.717) is 6.42 Å². The number of rotatable bonds is 21. The number of carbonyl (C=O) groups is 1. The fourth-order valence-electron chi connectivity index (χ4n) is 3.52. The fraction of sp³-hybridized carbons (Fsp3) is 0.958. The summed E-state index contributed by atoms with van der Waals surface area (Å²) < 4.78 is 5.33. The number of nitrogens with two attached hydrogens (primary N) is 1. The van der Waals surface area contributed by atoms with E-state index in [-0.39, 0.29) is 5.97 Å². The molecule has 0 aliphatic heterocycles. The first kappa shape index (κ1) is 26.4. The molecule has 1 unspecified atom stereocenters. The molecule has 0 heterocycles. The summed E-state index contributed by atoms with van der Waals surface area (Å²) in [5.74, 6) is -0.110. The van der Waals surface area contributed by atoms with E-state index in [9.17, 15) is 4.79 Å². The van der Waals surface area contributed by atoms with E-state index in [4.69, 9.17) is 10.5 Å². The van der Waals surface area contributed by atoms with Gasteiger partial charge in [-0.2, -0.15) is 0 Å². The van der Waals surface area contributed by atoms with Gasteiger partial charge in [-0.1, -0.05) is 117 Å². The average molecular weight is 384 g/mol. The molecule has 3 heteroatoms. The second kappa shape index (κ2) is 21.7. The van der Waals surface area contributed by atoms with E-state index < -0.39 is 6.23 Å². The van der Waals surface area contributed by atoms with Crippen LogP contribution in [0.2, 0.25) is 0 Å². The first-order valence-corrected chi connectivity index (χ1v) is 12.2. The lowest BCUT2D eigenvalue weighted by Crippen LogP contribution is -2.26. The maximum Gasteiger partial charge on any atom is 0.307 e. The minimum atomic E-state index is -0.402. The van der Waals surface area contributed by atoms with Crippen LogP contribution < -0.4 is 5.73 Å². The Morgan fingerprint density at radius 3 is 1.44 bits per heavy atom. The Morgan fingerprint density at radius 1 is 0.630 bits per heavy atom. The van der Waals surface area contributed by atoms with Gasteiger partial charge in [0.1, 0.15) is 0 Å².